The molecule has 2 saturated heterocycles. The van der Waals surface area contributed by atoms with Crippen LogP contribution in [0.4, 0.5) is 34.9 Å². The molecule has 31 heavy (non-hydrogen) atoms. The maximum Gasteiger partial charge on any atom is 0.573 e. The summed E-state index contributed by atoms with van der Waals surface area (Å²) in [6, 6.07) is 6.48. The number of piperazine rings is 1. The van der Waals surface area contributed by atoms with Crippen LogP contribution in [0.5, 0.6) is 5.75 Å². The lowest BCUT2D eigenvalue weighted by atomic mass is 10.2. The topological polar surface area (TPSA) is 75.2 Å². The fourth-order valence-corrected chi connectivity index (χ4v) is 4.19. The molecule has 4 heterocycles. The number of hydrogen-bond donors (Lipinski definition) is 2. The minimum atomic E-state index is -4.99. The Morgan fingerprint density at radius 1 is 1.19 bits per heavy atom. The highest BCUT2D eigenvalue weighted by Gasteiger charge is 2.38. The van der Waals surface area contributed by atoms with Crippen LogP contribution in [0.3, 0.4) is 0 Å². The number of benzene rings is 1. The molecule has 2 aliphatic heterocycles. The average molecular weight is 455 g/mol. The van der Waals surface area contributed by atoms with Gasteiger partial charge in [-0.15, -0.1) is 13.2 Å². The van der Waals surface area contributed by atoms with E-state index in [0.29, 0.717) is 23.1 Å². The Bertz CT molecular complexity index is 1160. The normalized spacial score (nSPS) is 20.5. The Kier molecular flexibility index (Phi) is 4.74. The van der Waals surface area contributed by atoms with Crippen molar-refractivity contribution in [2.45, 2.75) is 24.9 Å². The summed E-state index contributed by atoms with van der Waals surface area (Å²) in [5, 5.41) is 5.39. The van der Waals surface area contributed by atoms with Crippen LogP contribution in [0.15, 0.2) is 30.6 Å². The molecule has 12 heteroatoms. The molecule has 0 spiro atoms. The molecule has 2 aliphatic rings. The van der Waals surface area contributed by atoms with E-state index in [1.807, 2.05) is 6.07 Å². The van der Waals surface area contributed by atoms with E-state index in [1.54, 1.807) is 6.07 Å². The zero-order valence-electron chi connectivity index (χ0n) is 15.7. The number of anilines is 3. The third kappa shape index (κ3) is 3.79. The van der Waals surface area contributed by atoms with E-state index in [2.05, 4.69) is 35.2 Å². The van der Waals surface area contributed by atoms with Crippen molar-refractivity contribution >= 4 is 40.0 Å². The van der Waals surface area contributed by atoms with Crippen molar-refractivity contribution in [2.75, 3.05) is 23.3 Å². The number of alkyl halides is 3. The van der Waals surface area contributed by atoms with Gasteiger partial charge in [0.15, 0.2) is 17.4 Å². The second-order valence-electron chi connectivity index (χ2n) is 7.32. The van der Waals surface area contributed by atoms with Gasteiger partial charge < -0.3 is 20.3 Å². The lowest BCUT2D eigenvalue weighted by Crippen LogP contribution is -2.44. The summed E-state index contributed by atoms with van der Waals surface area (Å²) < 4.78 is 55.7. The maximum absolute atomic E-state index is 14.6. The van der Waals surface area contributed by atoms with E-state index < -0.39 is 23.0 Å². The molecule has 0 unspecified atom stereocenters. The first-order valence-electron chi connectivity index (χ1n) is 9.41. The number of aromatic nitrogens is 3. The zero-order chi connectivity index (χ0) is 21.8. The highest BCUT2D eigenvalue weighted by Crippen LogP contribution is 2.37. The Balaban J connectivity index is 1.48. The molecule has 0 amide bonds. The summed E-state index contributed by atoms with van der Waals surface area (Å²) in [7, 11) is 0. The summed E-state index contributed by atoms with van der Waals surface area (Å²) in [6.45, 7) is 1.72. The molecule has 162 valence electrons. The maximum atomic E-state index is 14.6. The van der Waals surface area contributed by atoms with Gasteiger partial charge in [0.25, 0.3) is 0 Å². The lowest BCUT2D eigenvalue weighted by Gasteiger charge is -2.28. The number of hydrogen-bond acceptors (Lipinski definition) is 7. The molecule has 2 bridgehead atoms. The van der Waals surface area contributed by atoms with Crippen LogP contribution in [0.25, 0.3) is 11.0 Å². The standard InChI is InChI=1S/C19H15ClF4N6O/c20-15-13(31-19(22,23)24)3-1-11(16(15)21)28-18-17-12(26-8-27-18)2-4-14(29-17)30-7-9-5-10(30)6-25-9/h1-4,8-10,25H,5-7H2,(H,26,27,28)/t9-,10-/m0/s1. The Labute approximate surface area is 178 Å². The largest absolute Gasteiger partial charge is 0.573 e. The molecule has 3 aromatic rings. The van der Waals surface area contributed by atoms with E-state index in [0.717, 1.165) is 37.5 Å². The van der Waals surface area contributed by atoms with Crippen molar-refractivity contribution < 1.29 is 22.3 Å². The number of rotatable bonds is 4. The van der Waals surface area contributed by atoms with Crippen LogP contribution in [-0.4, -0.2) is 46.5 Å². The second kappa shape index (κ2) is 7.34. The van der Waals surface area contributed by atoms with Crippen molar-refractivity contribution in [3.63, 3.8) is 0 Å². The third-order valence-electron chi connectivity index (χ3n) is 5.34. The molecule has 2 aromatic heterocycles. The van der Waals surface area contributed by atoms with Crippen LogP contribution in [0.1, 0.15) is 6.42 Å². The Hall–Kier alpha value is -2.92. The number of ether oxygens (including phenoxy) is 1. The summed E-state index contributed by atoms with van der Waals surface area (Å²) >= 11 is 5.74. The molecule has 1 aromatic carbocycles. The summed E-state index contributed by atoms with van der Waals surface area (Å²) in [6.07, 6.45) is -2.65. The molecule has 5 rings (SSSR count). The van der Waals surface area contributed by atoms with E-state index in [4.69, 9.17) is 11.6 Å². The Morgan fingerprint density at radius 3 is 2.74 bits per heavy atom. The monoisotopic (exact) mass is 454 g/mol. The molecule has 0 radical (unpaired) electrons. The van der Waals surface area contributed by atoms with Gasteiger partial charge in [-0.2, -0.15) is 0 Å². The minimum absolute atomic E-state index is 0.170. The van der Waals surface area contributed by atoms with Crippen LogP contribution >= 0.6 is 11.6 Å². The summed E-state index contributed by atoms with van der Waals surface area (Å²) in [5.74, 6) is -0.974. The van der Waals surface area contributed by atoms with Gasteiger partial charge in [-0.05, 0) is 30.7 Å². The number of halogens is 5. The van der Waals surface area contributed by atoms with Gasteiger partial charge in [0, 0.05) is 25.2 Å². The van der Waals surface area contributed by atoms with E-state index in [-0.39, 0.29) is 11.5 Å². The lowest BCUT2D eigenvalue weighted by molar-refractivity contribution is -0.274. The van der Waals surface area contributed by atoms with Crippen molar-refractivity contribution in [3.8, 4) is 5.75 Å². The van der Waals surface area contributed by atoms with Gasteiger partial charge >= 0.3 is 6.36 Å². The molecule has 0 saturated carbocycles. The Morgan fingerprint density at radius 2 is 2.03 bits per heavy atom. The van der Waals surface area contributed by atoms with Crippen molar-refractivity contribution in [3.05, 3.63) is 41.4 Å². The number of pyridine rings is 1. The molecular weight excluding hydrogens is 440 g/mol. The molecule has 7 nitrogen and oxygen atoms in total. The molecule has 2 atom stereocenters. The quantitative estimate of drug-likeness (QED) is 0.577. The first-order chi connectivity index (χ1) is 14.8. The predicted molar refractivity (Wildman–Crippen MR) is 106 cm³/mol. The number of fused-ring (bicyclic) bond motifs is 3. The number of nitrogens with one attached hydrogen (secondary N) is 2. The molecular formula is C19H15ClF4N6O. The highest BCUT2D eigenvalue weighted by molar-refractivity contribution is 6.32. The highest BCUT2D eigenvalue weighted by atomic mass is 35.5. The van der Waals surface area contributed by atoms with Gasteiger partial charge in [-0.3, -0.25) is 0 Å². The van der Waals surface area contributed by atoms with Gasteiger partial charge in [0.05, 0.1) is 11.2 Å². The average Bonchev–Trinajstić information content (AvgIpc) is 3.36. The molecule has 2 N–H and O–H groups in total. The van der Waals surface area contributed by atoms with Crippen LogP contribution < -0.4 is 20.3 Å². The fourth-order valence-electron chi connectivity index (χ4n) is 3.98. The van der Waals surface area contributed by atoms with Crippen LogP contribution in [-0.2, 0) is 0 Å². The van der Waals surface area contributed by atoms with Crippen molar-refractivity contribution in [1.82, 2.24) is 20.3 Å². The van der Waals surface area contributed by atoms with Gasteiger partial charge in [0.1, 0.15) is 22.7 Å². The van der Waals surface area contributed by atoms with Crippen LogP contribution in [0.2, 0.25) is 5.02 Å². The first kappa shape index (κ1) is 20.0. The van der Waals surface area contributed by atoms with Gasteiger partial charge in [-0.25, -0.2) is 19.3 Å². The van der Waals surface area contributed by atoms with Gasteiger partial charge in [0.2, 0.25) is 0 Å². The minimum Gasteiger partial charge on any atom is -0.404 e. The summed E-state index contributed by atoms with van der Waals surface area (Å²) in [4.78, 5) is 15.2. The SMILES string of the molecule is Fc1c(Nc2ncnc3ccc(N4C[C@@H]5C[C@H]4CN5)nc23)ccc(OC(F)(F)F)c1Cl. The second-order valence-corrected chi connectivity index (χ2v) is 7.70. The van der Waals surface area contributed by atoms with Crippen LogP contribution in [0, 0.1) is 5.82 Å². The third-order valence-corrected chi connectivity index (χ3v) is 5.70. The predicted octanol–water partition coefficient (Wildman–Crippen LogP) is 4.01. The fraction of sp³-hybridized carbons (Fsp3) is 0.316. The van der Waals surface area contributed by atoms with Crippen molar-refractivity contribution in [2.24, 2.45) is 0 Å². The van der Waals surface area contributed by atoms with E-state index in [1.165, 1.54) is 6.33 Å². The zero-order valence-corrected chi connectivity index (χ0v) is 16.5. The first-order valence-corrected chi connectivity index (χ1v) is 9.79. The van der Waals surface area contributed by atoms with E-state index >= 15 is 0 Å². The molecule has 2 fully saturated rings. The summed E-state index contributed by atoms with van der Waals surface area (Å²) in [5.41, 5.74) is 0.769. The van der Waals surface area contributed by atoms with Gasteiger partial charge in [-0.1, -0.05) is 11.6 Å². The van der Waals surface area contributed by atoms with Crippen molar-refractivity contribution in [1.29, 1.82) is 0 Å². The van der Waals surface area contributed by atoms with E-state index in [9.17, 15) is 17.6 Å². The smallest absolute Gasteiger partial charge is 0.404 e. The number of nitrogens with zero attached hydrogens (tertiary/aromatic N) is 4. The molecule has 0 aliphatic carbocycles.